The van der Waals surface area contributed by atoms with Crippen LogP contribution in [-0.2, 0) is 87.7 Å². The second-order valence-electron chi connectivity index (χ2n) is 29.7. The van der Waals surface area contributed by atoms with Crippen molar-refractivity contribution < 1.29 is 139 Å². The van der Waals surface area contributed by atoms with Gasteiger partial charge in [-0.15, -0.1) is 0 Å². The van der Waals surface area contributed by atoms with Crippen LogP contribution < -0.4 is 74.6 Å². The van der Waals surface area contributed by atoms with Gasteiger partial charge in [0.15, 0.2) is 0 Å². The Labute approximate surface area is 763 Å². The molecule has 2 saturated heterocycles. The summed E-state index contributed by atoms with van der Waals surface area (Å²) in [5.41, 5.74) is 7.99. The van der Waals surface area contributed by atoms with Crippen LogP contribution in [0.5, 0.6) is 0 Å². The lowest BCUT2D eigenvalue weighted by molar-refractivity contribution is -0.387. The predicted octanol–water partition coefficient (Wildman–Crippen LogP) is 2.10. The molecule has 52 nitrogen and oxygen atoms in total. The number of carbonyl (C=O) groups excluding carboxylic acids is 10. The van der Waals surface area contributed by atoms with Gasteiger partial charge in [0.1, 0.15) is 46.2 Å². The average molecular weight is 1970 g/mol. The summed E-state index contributed by atoms with van der Waals surface area (Å²) in [5, 5.41) is 83.9. The zero-order valence-corrected chi connectivity index (χ0v) is 75.6. The Morgan fingerprint density at radius 1 is 0.410 bits per heavy atom. The number of sulfonamides is 4. The van der Waals surface area contributed by atoms with Gasteiger partial charge in [0.05, 0.1) is 114 Å². The molecule has 6 aromatic carbocycles. The lowest BCUT2D eigenvalue weighted by Crippen LogP contribution is -2.54. The summed E-state index contributed by atoms with van der Waals surface area (Å²) in [4.78, 5) is 160. The number of anilines is 4. The maximum Gasteiger partial charge on any atom is 0.407 e. The van der Waals surface area contributed by atoms with Gasteiger partial charge in [0.25, 0.3) is 40.7 Å². The Kier molecular flexibility index (Phi) is 41.7. The Morgan fingerprint density at radius 3 is 1.02 bits per heavy atom. The molecule has 58 heteroatoms. The number of rotatable bonds is 36. The van der Waals surface area contributed by atoms with Crippen LogP contribution in [0.25, 0.3) is 0 Å². The lowest BCUT2D eigenvalue weighted by atomic mass is 10.0. The van der Waals surface area contributed by atoms with Crippen LogP contribution in [0.4, 0.5) is 63.9 Å². The molecule has 6 aromatic rings. The van der Waals surface area contributed by atoms with Crippen molar-refractivity contribution in [3.8, 4) is 0 Å². The summed E-state index contributed by atoms with van der Waals surface area (Å²) in [6, 6.07) is 18.4. The molecule has 10 amide bonds. The van der Waals surface area contributed by atoms with E-state index in [1.807, 2.05) is 20.8 Å². The third-order valence-electron chi connectivity index (χ3n) is 17.4. The number of nitrogens with zero attached hydrogens (tertiary/aromatic N) is 6. The number of primary sulfonamides is 4. The van der Waals surface area contributed by atoms with E-state index in [-0.39, 0.29) is 138 Å². The van der Waals surface area contributed by atoms with Crippen molar-refractivity contribution in [3.63, 3.8) is 0 Å². The largest absolute Gasteiger partial charge is 0.444 e. The Bertz CT molecular complexity index is 5860. The minimum Gasteiger partial charge on any atom is -0.444 e. The maximum absolute atomic E-state index is 13.7. The minimum atomic E-state index is -4.09. The van der Waals surface area contributed by atoms with E-state index < -0.39 is 176 Å². The van der Waals surface area contributed by atoms with Gasteiger partial charge < -0.3 is 71.8 Å². The quantitative estimate of drug-likeness (QED) is 0.0116. The fourth-order valence-corrected chi connectivity index (χ4v) is 13.7. The first-order valence-corrected chi connectivity index (χ1v) is 45.6. The number of benzene rings is 6. The number of piperidine rings is 2. The van der Waals surface area contributed by atoms with E-state index in [1.54, 1.807) is 32.9 Å². The molecule has 20 N–H and O–H groups in total. The Morgan fingerprint density at radius 2 is 0.709 bits per heavy atom. The van der Waals surface area contributed by atoms with Crippen LogP contribution in [0.1, 0.15) is 109 Å². The lowest BCUT2D eigenvalue weighted by Gasteiger charge is -2.27. The Hall–Kier alpha value is -13.5. The highest BCUT2D eigenvalue weighted by Gasteiger charge is 2.48. The molecule has 2 fully saturated rings. The number of nitrogens with one attached hydrogen (secondary N) is 8. The molecule has 134 heavy (non-hydrogen) atoms. The maximum atomic E-state index is 13.7. The summed E-state index contributed by atoms with van der Waals surface area (Å²) in [6.45, 7) is 15.7. The Balaban J connectivity index is 0.000000296. The molecule has 0 radical (unpaired) electrons. The number of nitrogens with two attached hydrogens (primary N) is 6. The fourth-order valence-electron chi connectivity index (χ4n) is 11.6. The highest BCUT2D eigenvalue weighted by molar-refractivity contribution is 7.90. The molecular weight excluding hydrogens is 1870 g/mol. The van der Waals surface area contributed by atoms with Crippen LogP contribution in [0.3, 0.4) is 0 Å². The second-order valence-corrected chi connectivity index (χ2v) is 36.0. The number of ether oxygens (including phenoxy) is 6. The zero-order chi connectivity index (χ0) is 101. The summed E-state index contributed by atoms with van der Waals surface area (Å²) in [5.74, 6) is -7.00. The summed E-state index contributed by atoms with van der Waals surface area (Å²) < 4.78 is 147. The molecule has 10 rings (SSSR count). The molecule has 4 aliphatic heterocycles. The van der Waals surface area contributed by atoms with Gasteiger partial charge in [-0.2, -0.15) is 4.39 Å². The normalized spacial score (nSPS) is 14.7. The molecular formula is C76H98F2N20O32S4. The van der Waals surface area contributed by atoms with E-state index in [4.69, 9.17) is 60.4 Å². The van der Waals surface area contributed by atoms with Crippen molar-refractivity contribution in [1.29, 1.82) is 0 Å². The fraction of sp³-hybridized carbons (Fsp3) is 0.395. The van der Waals surface area contributed by atoms with Crippen molar-refractivity contribution in [2.45, 2.75) is 110 Å². The number of hydrogen-bond acceptors (Lipinski definition) is 38. The zero-order valence-electron chi connectivity index (χ0n) is 72.3. The van der Waals surface area contributed by atoms with E-state index in [1.165, 1.54) is 48.5 Å². The van der Waals surface area contributed by atoms with E-state index in [0.29, 0.717) is 70.4 Å². The smallest absolute Gasteiger partial charge is 0.407 e. The van der Waals surface area contributed by atoms with Crippen LogP contribution in [-0.4, -0.2) is 251 Å². The number of alkyl carbamates (subject to hydrolysis) is 2. The molecule has 4 aliphatic rings. The monoisotopic (exact) mass is 1970 g/mol. The number of halogens is 2. The van der Waals surface area contributed by atoms with Gasteiger partial charge >= 0.3 is 17.9 Å². The third kappa shape index (κ3) is 34.9. The molecule has 0 aliphatic carbocycles. The number of imide groups is 4. The minimum absolute atomic E-state index is 0.0232. The summed E-state index contributed by atoms with van der Waals surface area (Å²) in [6.07, 6.45) is -0.803. The van der Waals surface area contributed by atoms with Crippen LogP contribution in [0.2, 0.25) is 0 Å². The van der Waals surface area contributed by atoms with Gasteiger partial charge in [-0.25, -0.2) is 68.2 Å². The van der Waals surface area contributed by atoms with Crippen molar-refractivity contribution >= 4 is 145 Å². The van der Waals surface area contributed by atoms with Gasteiger partial charge in [-0.1, -0.05) is 12.1 Å². The van der Waals surface area contributed by atoms with E-state index in [9.17, 15) is 131 Å². The summed E-state index contributed by atoms with van der Waals surface area (Å²) >= 11 is 0. The topological polar surface area (TPSA) is 794 Å². The second kappa shape index (κ2) is 50.4. The number of fused-ring (bicyclic) bond motifs is 2. The van der Waals surface area contributed by atoms with Crippen molar-refractivity contribution in [2.75, 3.05) is 126 Å². The first-order valence-electron chi connectivity index (χ1n) is 39.4. The molecule has 0 spiro atoms. The van der Waals surface area contributed by atoms with Gasteiger partial charge in [0.2, 0.25) is 69.5 Å². The number of nitro benzene ring substituents is 4. The molecule has 2 unspecified atom stereocenters. The highest BCUT2D eigenvalue weighted by Crippen LogP contribution is 2.35. The van der Waals surface area contributed by atoms with E-state index in [2.05, 4.69) is 42.5 Å². The summed E-state index contributed by atoms with van der Waals surface area (Å²) in [7, 11) is -16.2. The van der Waals surface area contributed by atoms with Crippen LogP contribution in [0, 0.1) is 52.1 Å². The molecule has 0 aromatic heterocycles. The third-order valence-corrected chi connectivity index (χ3v) is 21.1. The molecule has 732 valence electrons. The average Bonchev–Trinajstić information content (AvgIpc) is 1.61. The van der Waals surface area contributed by atoms with Gasteiger partial charge in [0, 0.05) is 95.2 Å². The standard InChI is InChI=1S/C23H24N6O9S.C15H24N4O7S.C13H9FN2O4.C10H16N4O5S.C9H20N2O3.C6H5FN2O4S/c24-39(36,37)13-4-5-15(18(12-13)29(34)35)25-8-10-38-11-9-26-16-3-1-2-14-20(16)23(33)28(22(14)32)17-6-7-19(30)27-21(17)31;1-15(2,3)26-14(20)18-7-9-25-8-6-17-12-5-4-11(27(16,23)24)10-13(12)19(21)22;14-7-3-1-2-6-10(7)13(20)16(12(6)19)8-4-5-9(17)15-11(8)18;11-3-5-19-6-4-13-9-2-1-8(20(12,17)18)7-10(9)14(15)16;1-9(2,3)14-8(12)11-5-7-13-6-4-10;7-5-2-1-4(14(8,12)13)3-6(5)9(10)11/h1-5,12,17,25-26H,6-11H2,(H2,24,36,37)(H,27,30,31);4-5,10,17H,6-9H2,1-3H3,(H,18,20)(H2,16,23,24);1-3,8H,4-5H2,(H,15,17,18);1-2,7,13H,3-6,11H2,(H2,12,17,18);4-7,10H2,1-3H3,(H,11,12);1-3H,(H2,8,12,13). The SMILES string of the molecule is CC(C)(C)OC(=O)NCCOCCN.CC(C)(C)OC(=O)NCCOCCNc1ccc(S(N)(=O)=O)cc1[N+](=O)[O-].NCCOCCNc1ccc(S(N)(=O)=O)cc1[N+](=O)[O-].NS(=O)(=O)c1ccc(F)c([N+](=O)[O-])c1.NS(=O)(=O)c1ccc(NCCOCCNc2cccc3c2C(=O)N(C2CCC(=O)NC2=O)C3=O)c([N+](=O)[O-])c1.O=C1CCC(N2C(=O)c3cccc(F)c3C2=O)C(=O)N1. The highest BCUT2D eigenvalue weighted by atomic mass is 32.2. The number of nitro groups is 4. The molecule has 0 saturated carbocycles. The van der Waals surface area contributed by atoms with Crippen molar-refractivity contribution in [2.24, 2.45) is 32.0 Å². The molecule has 2 atom stereocenters. The van der Waals surface area contributed by atoms with Crippen molar-refractivity contribution in [1.82, 2.24) is 31.1 Å². The van der Waals surface area contributed by atoms with Gasteiger partial charge in [-0.05, 0) is 127 Å². The number of carbonyl (C=O) groups is 10. The first kappa shape index (κ1) is 111. The predicted molar refractivity (Wildman–Crippen MR) is 468 cm³/mol. The van der Waals surface area contributed by atoms with Crippen LogP contribution >= 0.6 is 0 Å². The number of hydrogen-bond donors (Lipinski definition) is 14. The van der Waals surface area contributed by atoms with Gasteiger partial charge in [-0.3, -0.25) is 99.2 Å². The first-order chi connectivity index (χ1) is 62.5. The van der Waals surface area contributed by atoms with Crippen LogP contribution in [0.15, 0.2) is 129 Å². The van der Waals surface area contributed by atoms with E-state index in [0.717, 1.165) is 46.2 Å². The molecule has 0 bridgehead atoms. The number of amides is 10. The van der Waals surface area contributed by atoms with E-state index >= 15 is 0 Å². The molecule has 4 heterocycles. The van der Waals surface area contributed by atoms with Crippen molar-refractivity contribution in [3.05, 3.63) is 184 Å².